The zero-order valence-electron chi connectivity index (χ0n) is 11.0. The molecule has 0 radical (unpaired) electrons. The summed E-state index contributed by atoms with van der Waals surface area (Å²) in [6.07, 6.45) is 0. The molecule has 0 fully saturated rings. The van der Waals surface area contributed by atoms with Crippen molar-refractivity contribution in [1.82, 2.24) is 19.3 Å². The standard InChI is InChI=1S/C11H19N5OS/c1-4-16-10-9(8(3)14-16)13-11(12)15(10)6-7-18(17)5-2/h4-7H2,1-3H3,(H2,12,13). The molecule has 0 aliphatic heterocycles. The smallest absolute Gasteiger partial charge is 0.202 e. The van der Waals surface area contributed by atoms with Gasteiger partial charge in [0.25, 0.3) is 0 Å². The van der Waals surface area contributed by atoms with Gasteiger partial charge in [-0.25, -0.2) is 9.67 Å². The highest BCUT2D eigenvalue weighted by Crippen LogP contribution is 2.20. The molecule has 0 saturated heterocycles. The summed E-state index contributed by atoms with van der Waals surface area (Å²) in [6.45, 7) is 7.27. The number of hydrogen-bond donors (Lipinski definition) is 1. The molecule has 2 N–H and O–H groups in total. The topological polar surface area (TPSA) is 78.7 Å². The molecule has 2 heterocycles. The number of imidazole rings is 1. The number of nitrogens with zero attached hydrogens (tertiary/aromatic N) is 4. The van der Waals surface area contributed by atoms with Gasteiger partial charge >= 0.3 is 0 Å². The van der Waals surface area contributed by atoms with E-state index in [4.69, 9.17) is 5.73 Å². The van der Waals surface area contributed by atoms with Crippen molar-refractivity contribution in [2.75, 3.05) is 17.2 Å². The van der Waals surface area contributed by atoms with E-state index >= 15 is 0 Å². The molecule has 0 amide bonds. The van der Waals surface area contributed by atoms with Crippen molar-refractivity contribution in [2.45, 2.75) is 33.9 Å². The Morgan fingerprint density at radius 2 is 2.11 bits per heavy atom. The second kappa shape index (κ2) is 5.09. The average Bonchev–Trinajstić information content (AvgIpc) is 2.84. The van der Waals surface area contributed by atoms with Crippen molar-refractivity contribution in [2.24, 2.45) is 0 Å². The summed E-state index contributed by atoms with van der Waals surface area (Å²) < 4.78 is 15.3. The Morgan fingerprint density at radius 3 is 2.72 bits per heavy atom. The molecule has 1 unspecified atom stereocenters. The Hall–Kier alpha value is -1.37. The van der Waals surface area contributed by atoms with E-state index in [-0.39, 0.29) is 0 Å². The van der Waals surface area contributed by atoms with E-state index in [2.05, 4.69) is 10.1 Å². The summed E-state index contributed by atoms with van der Waals surface area (Å²) in [5, 5.41) is 4.42. The molecule has 2 aromatic rings. The molecule has 0 spiro atoms. The summed E-state index contributed by atoms with van der Waals surface area (Å²) in [7, 11) is -0.798. The Kier molecular flexibility index (Phi) is 3.70. The van der Waals surface area contributed by atoms with Crippen LogP contribution in [0.5, 0.6) is 0 Å². The van der Waals surface area contributed by atoms with Gasteiger partial charge in [-0.3, -0.25) is 8.78 Å². The SMILES string of the molecule is CCn1nc(C)c2nc(N)n(CCS(=O)CC)c21. The van der Waals surface area contributed by atoms with E-state index in [0.29, 0.717) is 24.0 Å². The fourth-order valence-electron chi connectivity index (χ4n) is 2.02. The van der Waals surface area contributed by atoms with Crippen LogP contribution in [0.3, 0.4) is 0 Å². The third kappa shape index (κ3) is 2.14. The quantitative estimate of drug-likeness (QED) is 0.875. The molecule has 0 aliphatic rings. The van der Waals surface area contributed by atoms with Crippen molar-refractivity contribution >= 4 is 27.9 Å². The fraction of sp³-hybridized carbons (Fsp3) is 0.636. The number of nitrogens with two attached hydrogens (primary N) is 1. The molecule has 0 bridgehead atoms. The Morgan fingerprint density at radius 1 is 1.39 bits per heavy atom. The molecule has 1 atom stereocenters. The number of aryl methyl sites for hydroxylation is 3. The molecule has 100 valence electrons. The third-order valence-corrected chi connectivity index (χ3v) is 4.27. The van der Waals surface area contributed by atoms with E-state index in [0.717, 1.165) is 23.4 Å². The highest BCUT2D eigenvalue weighted by atomic mass is 32.2. The van der Waals surface area contributed by atoms with E-state index in [1.165, 1.54) is 0 Å². The van der Waals surface area contributed by atoms with Gasteiger partial charge in [-0.1, -0.05) is 6.92 Å². The van der Waals surface area contributed by atoms with Crippen LogP contribution in [0.2, 0.25) is 0 Å². The molecule has 6 nitrogen and oxygen atoms in total. The fourth-order valence-corrected chi connectivity index (χ4v) is 2.69. The number of fused-ring (bicyclic) bond motifs is 1. The normalized spacial score (nSPS) is 13.3. The van der Waals surface area contributed by atoms with Gasteiger partial charge in [-0.2, -0.15) is 5.10 Å². The number of hydrogen-bond acceptors (Lipinski definition) is 4. The van der Waals surface area contributed by atoms with Gasteiger partial charge in [-0.15, -0.1) is 0 Å². The van der Waals surface area contributed by atoms with E-state index < -0.39 is 10.8 Å². The van der Waals surface area contributed by atoms with Gasteiger partial charge in [0.15, 0.2) is 5.65 Å². The molecule has 18 heavy (non-hydrogen) atoms. The first-order valence-corrected chi connectivity index (χ1v) is 7.61. The lowest BCUT2D eigenvalue weighted by Gasteiger charge is -2.07. The Bertz CT molecular complexity index is 586. The molecule has 0 aliphatic carbocycles. The van der Waals surface area contributed by atoms with Crippen molar-refractivity contribution in [3.63, 3.8) is 0 Å². The third-order valence-electron chi connectivity index (χ3n) is 2.99. The van der Waals surface area contributed by atoms with E-state index in [1.807, 2.05) is 30.0 Å². The van der Waals surface area contributed by atoms with Gasteiger partial charge in [0.2, 0.25) is 5.95 Å². The summed E-state index contributed by atoms with van der Waals surface area (Å²) >= 11 is 0. The van der Waals surface area contributed by atoms with E-state index in [9.17, 15) is 4.21 Å². The van der Waals surface area contributed by atoms with Gasteiger partial charge in [0.05, 0.1) is 5.69 Å². The average molecular weight is 269 g/mol. The maximum absolute atomic E-state index is 11.5. The Balaban J connectivity index is 2.42. The molecule has 7 heteroatoms. The zero-order valence-corrected chi connectivity index (χ0v) is 11.8. The van der Waals surface area contributed by atoms with Crippen LogP contribution in [0.1, 0.15) is 19.5 Å². The molecular weight excluding hydrogens is 250 g/mol. The van der Waals surface area contributed by atoms with Crippen molar-refractivity contribution in [1.29, 1.82) is 0 Å². The lowest BCUT2D eigenvalue weighted by molar-refractivity contribution is 0.640. The first kappa shape index (κ1) is 13.1. The second-order valence-electron chi connectivity index (χ2n) is 4.13. The number of aromatic nitrogens is 4. The van der Waals surface area contributed by atoms with Crippen LogP contribution < -0.4 is 5.73 Å². The van der Waals surface area contributed by atoms with Crippen LogP contribution in [0.4, 0.5) is 5.95 Å². The van der Waals surface area contributed by atoms with Crippen LogP contribution in [-0.4, -0.2) is 35.0 Å². The maximum Gasteiger partial charge on any atom is 0.202 e. The van der Waals surface area contributed by atoms with Crippen LogP contribution in [0.15, 0.2) is 0 Å². The highest BCUT2D eigenvalue weighted by molar-refractivity contribution is 7.84. The van der Waals surface area contributed by atoms with Crippen molar-refractivity contribution in [3.8, 4) is 0 Å². The summed E-state index contributed by atoms with van der Waals surface area (Å²) in [5.74, 6) is 1.74. The number of nitrogen functional groups attached to an aromatic ring is 1. The van der Waals surface area contributed by atoms with Crippen LogP contribution >= 0.6 is 0 Å². The van der Waals surface area contributed by atoms with Crippen LogP contribution in [-0.2, 0) is 23.9 Å². The lowest BCUT2D eigenvalue weighted by atomic mass is 10.4. The second-order valence-corrected chi connectivity index (χ2v) is 5.99. The summed E-state index contributed by atoms with van der Waals surface area (Å²) in [5.41, 5.74) is 8.59. The van der Waals surface area contributed by atoms with Gasteiger partial charge in [0.1, 0.15) is 5.52 Å². The summed E-state index contributed by atoms with van der Waals surface area (Å²) in [6, 6.07) is 0. The molecule has 0 saturated carbocycles. The van der Waals surface area contributed by atoms with Gasteiger partial charge in [0, 0.05) is 35.4 Å². The highest BCUT2D eigenvalue weighted by Gasteiger charge is 2.16. The Labute approximate surface area is 109 Å². The van der Waals surface area contributed by atoms with Gasteiger partial charge < -0.3 is 5.73 Å². The largest absolute Gasteiger partial charge is 0.369 e. The predicted octanol–water partition coefficient (Wildman–Crippen LogP) is 0.912. The zero-order chi connectivity index (χ0) is 13.3. The van der Waals surface area contributed by atoms with Crippen molar-refractivity contribution in [3.05, 3.63) is 5.69 Å². The first-order valence-electron chi connectivity index (χ1n) is 6.12. The maximum atomic E-state index is 11.5. The minimum atomic E-state index is -0.798. The van der Waals surface area contributed by atoms with E-state index in [1.54, 1.807) is 0 Å². The monoisotopic (exact) mass is 269 g/mol. The number of rotatable bonds is 5. The minimum Gasteiger partial charge on any atom is -0.369 e. The molecule has 0 aromatic carbocycles. The lowest BCUT2D eigenvalue weighted by Crippen LogP contribution is -2.13. The minimum absolute atomic E-state index is 0.473. The molecule has 2 rings (SSSR count). The predicted molar refractivity (Wildman–Crippen MR) is 73.9 cm³/mol. The first-order chi connectivity index (χ1) is 8.58. The number of anilines is 1. The summed E-state index contributed by atoms with van der Waals surface area (Å²) in [4.78, 5) is 4.34. The van der Waals surface area contributed by atoms with Crippen LogP contribution in [0.25, 0.3) is 11.2 Å². The van der Waals surface area contributed by atoms with Gasteiger partial charge in [-0.05, 0) is 13.8 Å². The van der Waals surface area contributed by atoms with Crippen molar-refractivity contribution < 1.29 is 4.21 Å². The molecule has 2 aromatic heterocycles. The molecular formula is C11H19N5OS. The van der Waals surface area contributed by atoms with Crippen LogP contribution in [0, 0.1) is 6.92 Å².